The van der Waals surface area contributed by atoms with Crippen LogP contribution in [0, 0.1) is 0 Å². The predicted molar refractivity (Wildman–Crippen MR) is 86.5 cm³/mol. The Kier molecular flexibility index (Phi) is 4.18. The topological polar surface area (TPSA) is 84.3 Å². The van der Waals surface area contributed by atoms with Crippen molar-refractivity contribution in [3.05, 3.63) is 48.0 Å². The van der Waals surface area contributed by atoms with Gasteiger partial charge in [-0.15, -0.1) is 0 Å². The fraction of sp³-hybridized carbons (Fsp3) is 0.333. The number of aromatic nitrogens is 2. The van der Waals surface area contributed by atoms with Crippen molar-refractivity contribution in [3.63, 3.8) is 0 Å². The second-order valence-electron chi connectivity index (χ2n) is 5.51. The van der Waals surface area contributed by atoms with E-state index in [9.17, 15) is 13.2 Å². The molecule has 3 rings (SSSR count). The average Bonchev–Trinajstić information content (AvgIpc) is 2.77. The number of hydrogen-bond donors (Lipinski definition) is 1. The van der Waals surface area contributed by atoms with Crippen LogP contribution in [0.4, 0.5) is 5.69 Å². The summed E-state index contributed by atoms with van der Waals surface area (Å²) >= 11 is 0. The van der Waals surface area contributed by atoms with Crippen molar-refractivity contribution in [1.29, 1.82) is 0 Å². The maximum absolute atomic E-state index is 12.4. The van der Waals surface area contributed by atoms with Crippen molar-refractivity contribution < 1.29 is 13.2 Å². The van der Waals surface area contributed by atoms with Crippen molar-refractivity contribution in [2.75, 3.05) is 18.1 Å². The lowest BCUT2D eigenvalue weighted by molar-refractivity contribution is 0.101. The predicted octanol–water partition coefficient (Wildman–Crippen LogP) is 1.30. The smallest absolute Gasteiger partial charge is 0.272 e. The highest BCUT2D eigenvalue weighted by atomic mass is 32.2. The van der Waals surface area contributed by atoms with E-state index in [0.29, 0.717) is 37.4 Å². The van der Waals surface area contributed by atoms with Crippen LogP contribution in [0.3, 0.4) is 0 Å². The van der Waals surface area contributed by atoms with Crippen molar-refractivity contribution in [2.24, 2.45) is 0 Å². The molecule has 0 unspecified atom stereocenters. The summed E-state index contributed by atoms with van der Waals surface area (Å²) in [4.78, 5) is 16.4. The summed E-state index contributed by atoms with van der Waals surface area (Å²) in [7, 11) is -3.24. The molecule has 0 saturated carbocycles. The Labute approximate surface area is 135 Å². The fourth-order valence-electron chi connectivity index (χ4n) is 2.69. The molecule has 0 bridgehead atoms. The van der Waals surface area contributed by atoms with Gasteiger partial charge in [-0.05, 0) is 30.7 Å². The summed E-state index contributed by atoms with van der Waals surface area (Å²) in [5.74, 6) is -0.225. The number of hydrogen-bond acceptors (Lipinski definition) is 4. The summed E-state index contributed by atoms with van der Waals surface area (Å²) < 4.78 is 26.8. The highest BCUT2D eigenvalue weighted by Crippen LogP contribution is 2.19. The number of pyridine rings is 1. The van der Waals surface area contributed by atoms with E-state index >= 15 is 0 Å². The minimum Gasteiger partial charge on any atom is -0.339 e. The van der Waals surface area contributed by atoms with Gasteiger partial charge < -0.3 is 9.88 Å². The van der Waals surface area contributed by atoms with Crippen LogP contribution in [-0.2, 0) is 23.1 Å². The Bertz CT molecular complexity index is 815. The first kappa shape index (κ1) is 15.7. The summed E-state index contributed by atoms with van der Waals surface area (Å²) in [6.07, 6.45) is 5.10. The van der Waals surface area contributed by atoms with Gasteiger partial charge >= 0.3 is 0 Å². The number of nitrogens with zero attached hydrogens (tertiary/aromatic N) is 3. The van der Waals surface area contributed by atoms with Crippen LogP contribution in [0.25, 0.3) is 0 Å². The van der Waals surface area contributed by atoms with Gasteiger partial charge in [0, 0.05) is 25.0 Å². The Morgan fingerprint density at radius 3 is 2.78 bits per heavy atom. The number of amides is 1. The molecule has 0 radical (unpaired) electrons. The molecule has 0 aromatic carbocycles. The number of nitrogens with one attached hydrogen (secondary N) is 1. The van der Waals surface area contributed by atoms with E-state index in [2.05, 4.69) is 10.3 Å². The third-order valence-electron chi connectivity index (χ3n) is 3.82. The molecule has 8 heteroatoms. The molecule has 0 atom stereocenters. The first-order valence-electron chi connectivity index (χ1n) is 7.30. The second-order valence-corrected chi connectivity index (χ2v) is 7.49. The van der Waals surface area contributed by atoms with Crippen LogP contribution in [0.1, 0.15) is 22.6 Å². The first-order valence-corrected chi connectivity index (χ1v) is 9.15. The van der Waals surface area contributed by atoms with Gasteiger partial charge in [0.15, 0.2) is 0 Å². The van der Waals surface area contributed by atoms with Gasteiger partial charge in [-0.2, -0.15) is 4.31 Å². The van der Waals surface area contributed by atoms with E-state index in [1.165, 1.54) is 10.6 Å². The standard InChI is InChI=1S/C15H18N4O3S/c1-23(21,22)18-8-3-9-19-13(11-18)5-6-14(19)15(20)17-12-4-2-7-16-10-12/h2,4-7,10H,3,8-9,11H2,1H3,(H,17,20). The van der Waals surface area contributed by atoms with Crippen LogP contribution >= 0.6 is 0 Å². The van der Waals surface area contributed by atoms with Crippen molar-refractivity contribution in [2.45, 2.75) is 19.5 Å². The third kappa shape index (κ3) is 3.43. The zero-order valence-electron chi connectivity index (χ0n) is 12.8. The highest BCUT2D eigenvalue weighted by molar-refractivity contribution is 7.88. The Hall–Kier alpha value is -2.19. The van der Waals surface area contributed by atoms with E-state index in [1.54, 1.807) is 30.6 Å². The number of rotatable bonds is 3. The minimum atomic E-state index is -3.24. The van der Waals surface area contributed by atoms with Gasteiger partial charge in [-0.3, -0.25) is 9.78 Å². The van der Waals surface area contributed by atoms with E-state index in [0.717, 1.165) is 5.69 Å². The van der Waals surface area contributed by atoms with Crippen molar-refractivity contribution in [1.82, 2.24) is 13.9 Å². The van der Waals surface area contributed by atoms with E-state index in [-0.39, 0.29) is 5.91 Å². The quantitative estimate of drug-likeness (QED) is 0.917. The lowest BCUT2D eigenvalue weighted by Gasteiger charge is -2.16. The monoisotopic (exact) mass is 334 g/mol. The van der Waals surface area contributed by atoms with Crippen molar-refractivity contribution in [3.8, 4) is 0 Å². The highest BCUT2D eigenvalue weighted by Gasteiger charge is 2.24. The molecular formula is C15H18N4O3S. The van der Waals surface area contributed by atoms with Gasteiger partial charge in [0.1, 0.15) is 5.69 Å². The number of anilines is 1. The molecule has 1 N–H and O–H groups in total. The van der Waals surface area contributed by atoms with Gasteiger partial charge in [0.05, 0.1) is 24.7 Å². The molecule has 2 aromatic heterocycles. The normalized spacial score (nSPS) is 15.7. The molecule has 0 fully saturated rings. The van der Waals surface area contributed by atoms with Crippen LogP contribution < -0.4 is 5.32 Å². The molecule has 0 aliphatic carbocycles. The molecule has 1 aliphatic rings. The van der Waals surface area contributed by atoms with Crippen LogP contribution in [0.2, 0.25) is 0 Å². The molecule has 0 spiro atoms. The summed E-state index contributed by atoms with van der Waals surface area (Å²) in [5, 5.41) is 2.80. The zero-order valence-corrected chi connectivity index (χ0v) is 13.6. The minimum absolute atomic E-state index is 0.225. The average molecular weight is 334 g/mol. The van der Waals surface area contributed by atoms with Crippen molar-refractivity contribution >= 4 is 21.6 Å². The molecule has 1 amide bonds. The molecular weight excluding hydrogens is 316 g/mol. The third-order valence-corrected chi connectivity index (χ3v) is 5.07. The molecule has 3 heterocycles. The Balaban J connectivity index is 1.84. The lowest BCUT2D eigenvalue weighted by Crippen LogP contribution is -2.29. The molecule has 1 aliphatic heterocycles. The van der Waals surface area contributed by atoms with Gasteiger partial charge in [-0.1, -0.05) is 0 Å². The Morgan fingerprint density at radius 2 is 2.09 bits per heavy atom. The lowest BCUT2D eigenvalue weighted by atomic mass is 10.3. The molecule has 0 saturated heterocycles. The summed E-state index contributed by atoms with van der Waals surface area (Å²) in [6, 6.07) is 7.05. The molecule has 2 aromatic rings. The Morgan fingerprint density at radius 1 is 1.26 bits per heavy atom. The largest absolute Gasteiger partial charge is 0.339 e. The van der Waals surface area contributed by atoms with Gasteiger partial charge in [0.2, 0.25) is 10.0 Å². The SMILES string of the molecule is CS(=O)(=O)N1CCCn2c(ccc2C(=O)Nc2cccnc2)C1. The van der Waals surface area contributed by atoms with Crippen LogP contribution in [0.5, 0.6) is 0 Å². The number of fused-ring (bicyclic) bond motifs is 1. The van der Waals surface area contributed by atoms with E-state index < -0.39 is 10.0 Å². The fourth-order valence-corrected chi connectivity index (χ4v) is 3.52. The van der Waals surface area contributed by atoms with Crippen LogP contribution in [0.15, 0.2) is 36.7 Å². The number of carbonyl (C=O) groups excluding carboxylic acids is 1. The maximum atomic E-state index is 12.4. The van der Waals surface area contributed by atoms with Crippen LogP contribution in [-0.4, -0.2) is 41.0 Å². The maximum Gasteiger partial charge on any atom is 0.272 e. The zero-order chi connectivity index (χ0) is 16.4. The molecule has 23 heavy (non-hydrogen) atoms. The van der Waals surface area contributed by atoms with E-state index in [4.69, 9.17) is 0 Å². The van der Waals surface area contributed by atoms with Gasteiger partial charge in [-0.25, -0.2) is 8.42 Å². The second kappa shape index (κ2) is 6.13. The summed E-state index contributed by atoms with van der Waals surface area (Å²) in [5.41, 5.74) is 1.97. The number of sulfonamides is 1. The first-order chi connectivity index (χ1) is 10.9. The summed E-state index contributed by atoms with van der Waals surface area (Å²) in [6.45, 7) is 1.37. The molecule has 122 valence electrons. The molecule has 7 nitrogen and oxygen atoms in total. The number of carbonyl (C=O) groups is 1. The van der Waals surface area contributed by atoms with Gasteiger partial charge in [0.25, 0.3) is 5.91 Å². The van der Waals surface area contributed by atoms with E-state index in [1.807, 2.05) is 10.6 Å².